The maximum atomic E-state index is 12.5. The van der Waals surface area contributed by atoms with Gasteiger partial charge in [-0.2, -0.15) is 0 Å². The third-order valence-electron chi connectivity index (χ3n) is 4.56. The van der Waals surface area contributed by atoms with Crippen molar-refractivity contribution < 1.29 is 14.8 Å². The fourth-order valence-corrected chi connectivity index (χ4v) is 3.18. The van der Waals surface area contributed by atoms with Crippen molar-refractivity contribution in [2.75, 3.05) is 5.32 Å². The van der Waals surface area contributed by atoms with Gasteiger partial charge in [0.25, 0.3) is 5.69 Å². The molecule has 0 saturated heterocycles. The second-order valence-corrected chi connectivity index (χ2v) is 6.29. The zero-order valence-corrected chi connectivity index (χ0v) is 13.7. The molecule has 25 heavy (non-hydrogen) atoms. The fraction of sp³-hybridized carbons (Fsp3) is 0.316. The van der Waals surface area contributed by atoms with Crippen LogP contribution in [-0.4, -0.2) is 28.0 Å². The van der Waals surface area contributed by atoms with Gasteiger partial charge in [-0.25, -0.2) is 0 Å². The molecule has 2 aromatic rings. The lowest BCUT2D eigenvalue weighted by Gasteiger charge is -2.29. The molecule has 1 fully saturated rings. The SMILES string of the molecule is O=C(c1ccccc1)c1ccc(NC2CCCCC2O)c([N+](=O)[O-])c1. The zero-order chi connectivity index (χ0) is 17.8. The third-order valence-corrected chi connectivity index (χ3v) is 4.56. The Bertz CT molecular complexity index is 776. The molecule has 130 valence electrons. The van der Waals surface area contributed by atoms with Gasteiger partial charge in [-0.05, 0) is 25.0 Å². The molecule has 3 rings (SSSR count). The Morgan fingerprint density at radius 2 is 1.80 bits per heavy atom. The Hall–Kier alpha value is -2.73. The van der Waals surface area contributed by atoms with E-state index in [1.807, 2.05) is 6.07 Å². The van der Waals surface area contributed by atoms with E-state index in [1.165, 1.54) is 6.07 Å². The van der Waals surface area contributed by atoms with Crippen molar-refractivity contribution in [2.24, 2.45) is 0 Å². The van der Waals surface area contributed by atoms with E-state index in [0.717, 1.165) is 19.3 Å². The molecule has 1 aliphatic carbocycles. The predicted octanol–water partition coefficient (Wildman–Crippen LogP) is 3.54. The van der Waals surface area contributed by atoms with Crippen LogP contribution < -0.4 is 5.32 Å². The number of nitrogens with one attached hydrogen (secondary N) is 1. The molecule has 0 amide bonds. The number of aliphatic hydroxyl groups excluding tert-OH is 1. The van der Waals surface area contributed by atoms with Gasteiger partial charge >= 0.3 is 0 Å². The van der Waals surface area contributed by atoms with E-state index < -0.39 is 11.0 Å². The average molecular weight is 340 g/mol. The van der Waals surface area contributed by atoms with Gasteiger partial charge in [-0.1, -0.05) is 43.2 Å². The van der Waals surface area contributed by atoms with Crippen LogP contribution in [0.4, 0.5) is 11.4 Å². The van der Waals surface area contributed by atoms with Crippen LogP contribution >= 0.6 is 0 Å². The molecule has 2 N–H and O–H groups in total. The maximum absolute atomic E-state index is 12.5. The van der Waals surface area contributed by atoms with Crippen molar-refractivity contribution in [3.8, 4) is 0 Å². The first-order valence-electron chi connectivity index (χ1n) is 8.39. The van der Waals surface area contributed by atoms with E-state index in [0.29, 0.717) is 17.7 Å². The lowest BCUT2D eigenvalue weighted by atomic mass is 9.92. The summed E-state index contributed by atoms with van der Waals surface area (Å²) in [6.07, 6.45) is 2.89. The first-order chi connectivity index (χ1) is 12.1. The van der Waals surface area contributed by atoms with Crippen LogP contribution in [-0.2, 0) is 0 Å². The summed E-state index contributed by atoms with van der Waals surface area (Å²) >= 11 is 0. The van der Waals surface area contributed by atoms with Gasteiger partial charge in [0.05, 0.1) is 17.1 Å². The molecule has 0 spiro atoms. The van der Waals surface area contributed by atoms with Gasteiger partial charge < -0.3 is 10.4 Å². The summed E-state index contributed by atoms with van der Waals surface area (Å²) < 4.78 is 0. The lowest BCUT2D eigenvalue weighted by Crippen LogP contribution is -2.36. The minimum Gasteiger partial charge on any atom is -0.391 e. The monoisotopic (exact) mass is 340 g/mol. The minimum atomic E-state index is -0.515. The number of benzene rings is 2. The number of nitro benzene ring substituents is 1. The number of anilines is 1. The Morgan fingerprint density at radius 1 is 1.08 bits per heavy atom. The average Bonchev–Trinajstić information content (AvgIpc) is 2.64. The van der Waals surface area contributed by atoms with Crippen LogP contribution in [0.15, 0.2) is 48.5 Å². The highest BCUT2D eigenvalue weighted by Crippen LogP contribution is 2.30. The van der Waals surface area contributed by atoms with E-state index >= 15 is 0 Å². The van der Waals surface area contributed by atoms with Crippen LogP contribution in [0.2, 0.25) is 0 Å². The highest BCUT2D eigenvalue weighted by atomic mass is 16.6. The number of nitrogens with zero attached hydrogens (tertiary/aromatic N) is 1. The molecule has 1 aliphatic rings. The second kappa shape index (κ2) is 7.44. The standard InChI is InChI=1S/C19H20N2O4/c22-18-9-5-4-8-16(18)20-15-11-10-14(12-17(15)21(24)25)19(23)13-6-2-1-3-7-13/h1-3,6-7,10-12,16,18,20,22H,4-5,8-9H2. The highest BCUT2D eigenvalue weighted by Gasteiger charge is 2.26. The maximum Gasteiger partial charge on any atom is 0.293 e. The van der Waals surface area contributed by atoms with Gasteiger partial charge in [-0.3, -0.25) is 14.9 Å². The van der Waals surface area contributed by atoms with Crippen molar-refractivity contribution in [3.05, 3.63) is 69.8 Å². The molecule has 0 radical (unpaired) electrons. The number of carbonyl (C=O) groups excluding carboxylic acids is 1. The highest BCUT2D eigenvalue weighted by molar-refractivity contribution is 6.09. The lowest BCUT2D eigenvalue weighted by molar-refractivity contribution is -0.384. The Morgan fingerprint density at radius 3 is 2.48 bits per heavy atom. The van der Waals surface area contributed by atoms with E-state index in [4.69, 9.17) is 0 Å². The molecule has 0 heterocycles. The van der Waals surface area contributed by atoms with Crippen molar-refractivity contribution in [2.45, 2.75) is 37.8 Å². The van der Waals surface area contributed by atoms with Crippen molar-refractivity contribution in [3.63, 3.8) is 0 Å². The van der Waals surface area contributed by atoms with Gasteiger partial charge in [0.2, 0.25) is 0 Å². The number of rotatable bonds is 5. The molecule has 0 aromatic heterocycles. The zero-order valence-electron chi connectivity index (χ0n) is 13.7. The molecule has 6 heteroatoms. The number of hydrogen-bond acceptors (Lipinski definition) is 5. The Labute approximate surface area is 145 Å². The fourth-order valence-electron chi connectivity index (χ4n) is 3.18. The normalized spacial score (nSPS) is 20.0. The van der Waals surface area contributed by atoms with E-state index in [1.54, 1.807) is 36.4 Å². The van der Waals surface area contributed by atoms with Crippen LogP contribution in [0.25, 0.3) is 0 Å². The number of ketones is 1. The van der Waals surface area contributed by atoms with Gasteiger partial charge in [0.1, 0.15) is 5.69 Å². The molecule has 0 aliphatic heterocycles. The quantitative estimate of drug-likeness (QED) is 0.493. The molecular weight excluding hydrogens is 320 g/mol. The molecule has 2 atom stereocenters. The van der Waals surface area contributed by atoms with Crippen LogP contribution in [0.3, 0.4) is 0 Å². The van der Waals surface area contributed by atoms with E-state index in [-0.39, 0.29) is 23.1 Å². The van der Waals surface area contributed by atoms with Crippen LogP contribution in [0.5, 0.6) is 0 Å². The van der Waals surface area contributed by atoms with Gasteiger partial charge in [0, 0.05) is 17.2 Å². The summed E-state index contributed by atoms with van der Waals surface area (Å²) in [6, 6.07) is 12.9. The first kappa shape index (κ1) is 17.1. The molecule has 2 aromatic carbocycles. The summed E-state index contributed by atoms with van der Waals surface area (Å²) in [5, 5.41) is 24.6. The Balaban J connectivity index is 1.88. The van der Waals surface area contributed by atoms with E-state index in [2.05, 4.69) is 5.32 Å². The van der Waals surface area contributed by atoms with Gasteiger partial charge in [0.15, 0.2) is 5.78 Å². The summed E-state index contributed by atoms with van der Waals surface area (Å²) in [5.41, 5.74) is 0.938. The third kappa shape index (κ3) is 3.85. The summed E-state index contributed by atoms with van der Waals surface area (Å²) in [7, 11) is 0. The van der Waals surface area contributed by atoms with Crippen molar-refractivity contribution in [1.82, 2.24) is 0 Å². The van der Waals surface area contributed by atoms with Gasteiger partial charge in [-0.15, -0.1) is 0 Å². The summed E-state index contributed by atoms with van der Waals surface area (Å²) in [6.45, 7) is 0. The Kier molecular flexibility index (Phi) is 5.09. The molecular formula is C19H20N2O4. The number of carbonyl (C=O) groups is 1. The second-order valence-electron chi connectivity index (χ2n) is 6.29. The molecule has 1 saturated carbocycles. The van der Waals surface area contributed by atoms with Crippen LogP contribution in [0.1, 0.15) is 41.6 Å². The number of nitro groups is 1. The van der Waals surface area contributed by atoms with E-state index in [9.17, 15) is 20.0 Å². The van der Waals surface area contributed by atoms with Crippen molar-refractivity contribution in [1.29, 1.82) is 0 Å². The van der Waals surface area contributed by atoms with Crippen LogP contribution in [0, 0.1) is 10.1 Å². The number of aliphatic hydroxyl groups is 1. The molecule has 6 nitrogen and oxygen atoms in total. The predicted molar refractivity (Wildman–Crippen MR) is 94.9 cm³/mol. The summed E-state index contributed by atoms with van der Waals surface area (Å²) in [5.74, 6) is -0.257. The largest absolute Gasteiger partial charge is 0.391 e. The van der Waals surface area contributed by atoms with Crippen molar-refractivity contribution >= 4 is 17.2 Å². The summed E-state index contributed by atoms with van der Waals surface area (Å²) in [4.78, 5) is 23.4. The smallest absolute Gasteiger partial charge is 0.293 e. The molecule has 0 bridgehead atoms. The molecule has 2 unspecified atom stereocenters. The minimum absolute atomic E-state index is 0.153. The first-order valence-corrected chi connectivity index (χ1v) is 8.39. The number of hydrogen-bond donors (Lipinski definition) is 2. The topological polar surface area (TPSA) is 92.5 Å².